The van der Waals surface area contributed by atoms with Crippen LogP contribution in [0.5, 0.6) is 0 Å². The van der Waals surface area contributed by atoms with Crippen molar-refractivity contribution in [3.05, 3.63) is 48.0 Å². The van der Waals surface area contributed by atoms with Gasteiger partial charge in [-0.05, 0) is 36.8 Å². The van der Waals surface area contributed by atoms with E-state index in [-0.39, 0.29) is 0 Å². The van der Waals surface area contributed by atoms with E-state index in [0.29, 0.717) is 32.3 Å². The normalized spacial score (nSPS) is 10.6. The Kier molecular flexibility index (Phi) is 13.3. The number of aryl methyl sites for hydroxylation is 1. The maximum absolute atomic E-state index is 5.37. The summed E-state index contributed by atoms with van der Waals surface area (Å²) in [5.74, 6) is 6.38. The number of unbranched alkanes of at least 4 members (excludes halogenated alkanes) is 7. The predicted molar refractivity (Wildman–Crippen MR) is 128 cm³/mol. The number of ether oxygens (including phenoxy) is 2. The van der Waals surface area contributed by atoms with Crippen molar-refractivity contribution in [3.63, 3.8) is 0 Å². The summed E-state index contributed by atoms with van der Waals surface area (Å²) in [4.78, 5) is 8.71. The molecular weight excluding hydrogens is 384 g/mol. The molecule has 2 rings (SSSR count). The first kappa shape index (κ1) is 25.0. The molecule has 0 saturated heterocycles. The van der Waals surface area contributed by atoms with Gasteiger partial charge in [0.25, 0.3) is 0 Å². The summed E-state index contributed by atoms with van der Waals surface area (Å²) in [5, 5.41) is 0. The first-order chi connectivity index (χ1) is 15.3. The quantitative estimate of drug-likeness (QED) is 0.252. The molecule has 0 unspecified atom stereocenters. The van der Waals surface area contributed by atoms with E-state index in [1.807, 2.05) is 19.3 Å². The van der Waals surface area contributed by atoms with E-state index in [9.17, 15) is 0 Å². The van der Waals surface area contributed by atoms with Gasteiger partial charge in [0.1, 0.15) is 6.61 Å². The summed E-state index contributed by atoms with van der Waals surface area (Å²) in [6.07, 6.45) is 15.7. The SMILES string of the molecule is CCCCCCCCCCc1ccc(-c2cnc(C#CCOCCOCC)nc2)cc1. The fraction of sp³-hybridized carbons (Fsp3) is 0.556. The molecule has 0 aliphatic heterocycles. The van der Waals surface area contributed by atoms with Crippen LogP contribution in [0.2, 0.25) is 0 Å². The summed E-state index contributed by atoms with van der Waals surface area (Å²) < 4.78 is 10.6. The molecular formula is C27H38N2O2. The molecule has 4 heteroatoms. The fourth-order valence-electron chi connectivity index (χ4n) is 3.37. The van der Waals surface area contributed by atoms with Crippen LogP contribution < -0.4 is 0 Å². The lowest BCUT2D eigenvalue weighted by atomic mass is 10.0. The van der Waals surface area contributed by atoms with E-state index in [1.54, 1.807) is 0 Å². The van der Waals surface area contributed by atoms with Gasteiger partial charge in [-0.25, -0.2) is 9.97 Å². The highest BCUT2D eigenvalue weighted by atomic mass is 16.5. The minimum atomic E-state index is 0.360. The molecule has 0 aliphatic carbocycles. The molecule has 1 aromatic carbocycles. The Balaban J connectivity index is 1.69. The molecule has 31 heavy (non-hydrogen) atoms. The zero-order valence-electron chi connectivity index (χ0n) is 19.4. The third-order valence-electron chi connectivity index (χ3n) is 5.21. The highest BCUT2D eigenvalue weighted by Gasteiger charge is 2.01. The molecule has 0 spiro atoms. The smallest absolute Gasteiger partial charge is 0.204 e. The number of rotatable bonds is 15. The second kappa shape index (κ2) is 16.5. The molecule has 1 aromatic heterocycles. The Labute approximate surface area is 188 Å². The van der Waals surface area contributed by atoms with Crippen LogP contribution in [0.4, 0.5) is 0 Å². The molecule has 1 heterocycles. The Hall–Kier alpha value is -2.22. The van der Waals surface area contributed by atoms with Crippen LogP contribution in [-0.2, 0) is 15.9 Å². The largest absolute Gasteiger partial charge is 0.379 e. The van der Waals surface area contributed by atoms with Gasteiger partial charge < -0.3 is 9.47 Å². The molecule has 0 saturated carbocycles. The fourth-order valence-corrected chi connectivity index (χ4v) is 3.37. The lowest BCUT2D eigenvalue weighted by Gasteiger charge is -2.05. The van der Waals surface area contributed by atoms with Crippen LogP contribution in [0.1, 0.15) is 76.6 Å². The summed E-state index contributed by atoms with van der Waals surface area (Å²) in [6.45, 7) is 6.45. The van der Waals surface area contributed by atoms with E-state index in [2.05, 4.69) is 53.0 Å². The molecule has 0 bridgehead atoms. The molecule has 0 N–H and O–H groups in total. The van der Waals surface area contributed by atoms with Gasteiger partial charge >= 0.3 is 0 Å². The minimum absolute atomic E-state index is 0.360. The molecule has 0 atom stereocenters. The van der Waals surface area contributed by atoms with Crippen LogP contribution in [0.25, 0.3) is 11.1 Å². The molecule has 0 fully saturated rings. The third kappa shape index (κ3) is 11.1. The van der Waals surface area contributed by atoms with Gasteiger partial charge in [0, 0.05) is 24.6 Å². The highest BCUT2D eigenvalue weighted by molar-refractivity contribution is 5.61. The summed E-state index contributed by atoms with van der Waals surface area (Å²) in [6, 6.07) is 8.78. The van der Waals surface area contributed by atoms with Crippen LogP contribution in [0, 0.1) is 11.8 Å². The standard InChI is InChI=1S/C27H38N2O2/c1-3-5-6-7-8-9-10-11-13-24-15-17-25(18-16-24)26-22-28-27(29-23-26)14-12-19-31-21-20-30-4-2/h15-18,22-23H,3-11,13,19-21H2,1-2H3. The second-order valence-electron chi connectivity index (χ2n) is 7.77. The van der Waals surface area contributed by atoms with Gasteiger partial charge in [0.15, 0.2) is 0 Å². The highest BCUT2D eigenvalue weighted by Crippen LogP contribution is 2.19. The van der Waals surface area contributed by atoms with E-state index in [0.717, 1.165) is 17.5 Å². The summed E-state index contributed by atoms with van der Waals surface area (Å²) in [7, 11) is 0. The molecule has 0 radical (unpaired) electrons. The average Bonchev–Trinajstić information content (AvgIpc) is 2.81. The molecule has 4 nitrogen and oxygen atoms in total. The van der Waals surface area contributed by atoms with Crippen molar-refractivity contribution in [1.29, 1.82) is 0 Å². The summed E-state index contributed by atoms with van der Waals surface area (Å²) >= 11 is 0. The van der Waals surface area contributed by atoms with Crippen molar-refractivity contribution in [2.45, 2.75) is 71.6 Å². The topological polar surface area (TPSA) is 44.2 Å². The van der Waals surface area contributed by atoms with Gasteiger partial charge in [-0.2, -0.15) is 0 Å². The van der Waals surface area contributed by atoms with Crippen molar-refractivity contribution in [1.82, 2.24) is 9.97 Å². The number of hydrogen-bond acceptors (Lipinski definition) is 4. The minimum Gasteiger partial charge on any atom is -0.379 e. The molecule has 2 aromatic rings. The zero-order valence-corrected chi connectivity index (χ0v) is 19.4. The lowest BCUT2D eigenvalue weighted by Crippen LogP contribution is -2.03. The van der Waals surface area contributed by atoms with Gasteiger partial charge in [0.2, 0.25) is 5.82 Å². The molecule has 168 valence electrons. The van der Waals surface area contributed by atoms with Gasteiger partial charge in [-0.15, -0.1) is 0 Å². The third-order valence-corrected chi connectivity index (χ3v) is 5.21. The van der Waals surface area contributed by atoms with Crippen LogP contribution >= 0.6 is 0 Å². The van der Waals surface area contributed by atoms with E-state index in [1.165, 1.54) is 56.9 Å². The first-order valence-electron chi connectivity index (χ1n) is 11.9. The van der Waals surface area contributed by atoms with Gasteiger partial charge in [0.05, 0.1) is 13.2 Å². The van der Waals surface area contributed by atoms with E-state index < -0.39 is 0 Å². The van der Waals surface area contributed by atoms with Crippen molar-refractivity contribution < 1.29 is 9.47 Å². The second-order valence-corrected chi connectivity index (χ2v) is 7.77. The van der Waals surface area contributed by atoms with Crippen molar-refractivity contribution in [2.24, 2.45) is 0 Å². The molecule has 0 aliphatic rings. The first-order valence-corrected chi connectivity index (χ1v) is 11.9. The monoisotopic (exact) mass is 422 g/mol. The molecule has 0 amide bonds. The van der Waals surface area contributed by atoms with E-state index >= 15 is 0 Å². The Morgan fingerprint density at radius 2 is 1.39 bits per heavy atom. The number of nitrogens with zero attached hydrogens (tertiary/aromatic N) is 2. The maximum atomic E-state index is 5.37. The average molecular weight is 423 g/mol. The zero-order chi connectivity index (χ0) is 22.0. The maximum Gasteiger partial charge on any atom is 0.204 e. The van der Waals surface area contributed by atoms with Crippen LogP contribution in [0.15, 0.2) is 36.7 Å². The van der Waals surface area contributed by atoms with Crippen molar-refractivity contribution in [3.8, 4) is 23.0 Å². The number of hydrogen-bond donors (Lipinski definition) is 0. The lowest BCUT2D eigenvalue weighted by molar-refractivity contribution is 0.0662. The van der Waals surface area contributed by atoms with Gasteiger partial charge in [-0.1, -0.05) is 82.1 Å². The predicted octanol–water partition coefficient (Wildman–Crippen LogP) is 6.23. The Morgan fingerprint density at radius 1 is 0.742 bits per heavy atom. The van der Waals surface area contributed by atoms with Crippen LogP contribution in [0.3, 0.4) is 0 Å². The Morgan fingerprint density at radius 3 is 2.06 bits per heavy atom. The summed E-state index contributed by atoms with van der Waals surface area (Å²) in [5.41, 5.74) is 3.55. The Bertz CT molecular complexity index is 761. The number of benzene rings is 1. The van der Waals surface area contributed by atoms with Gasteiger partial charge in [-0.3, -0.25) is 0 Å². The van der Waals surface area contributed by atoms with Crippen molar-refractivity contribution >= 4 is 0 Å². The van der Waals surface area contributed by atoms with E-state index in [4.69, 9.17) is 9.47 Å². The van der Waals surface area contributed by atoms with Crippen LogP contribution in [-0.4, -0.2) is 36.4 Å². The number of aromatic nitrogens is 2. The van der Waals surface area contributed by atoms with Crippen molar-refractivity contribution in [2.75, 3.05) is 26.4 Å².